The molecule has 1 N–H and O–H groups in total. The Morgan fingerprint density at radius 3 is 2.26 bits per heavy atom. The molecule has 0 aliphatic rings. The Labute approximate surface area is 123 Å². The van der Waals surface area contributed by atoms with Crippen molar-refractivity contribution in [3.8, 4) is 0 Å². The minimum absolute atomic E-state index is 0.112. The quantitative estimate of drug-likeness (QED) is 0.810. The Hall–Kier alpha value is -0.570. The lowest BCUT2D eigenvalue weighted by atomic mass is 9.79. The zero-order valence-electron chi connectivity index (χ0n) is 12.8. The molecule has 0 heterocycles. The fourth-order valence-corrected chi connectivity index (χ4v) is 3.26. The second-order valence-corrected chi connectivity index (χ2v) is 5.69. The zero-order valence-corrected chi connectivity index (χ0v) is 13.6. The van der Waals surface area contributed by atoms with Crippen LogP contribution < -0.4 is 5.32 Å². The second kappa shape index (κ2) is 7.28. The number of hydrogen-bond donors (Lipinski definition) is 1. The lowest BCUT2D eigenvalue weighted by Gasteiger charge is -2.45. The van der Waals surface area contributed by atoms with Crippen molar-refractivity contribution >= 4 is 11.6 Å². The third-order valence-electron chi connectivity index (χ3n) is 4.24. The van der Waals surface area contributed by atoms with Crippen molar-refractivity contribution in [3.63, 3.8) is 0 Å². The Kier molecular flexibility index (Phi) is 6.31. The summed E-state index contributed by atoms with van der Waals surface area (Å²) >= 11 is 6.16. The van der Waals surface area contributed by atoms with Gasteiger partial charge in [-0.2, -0.15) is 0 Å². The summed E-state index contributed by atoms with van der Waals surface area (Å²) in [5.74, 6) is 0. The summed E-state index contributed by atoms with van der Waals surface area (Å²) in [6.45, 7) is 7.63. The lowest BCUT2D eigenvalue weighted by Crippen LogP contribution is -2.53. The number of nitrogens with zero attached hydrogens (tertiary/aromatic N) is 1. The molecule has 1 aromatic rings. The molecule has 1 atom stereocenters. The van der Waals surface area contributed by atoms with E-state index < -0.39 is 0 Å². The molecule has 0 spiro atoms. The largest absolute Gasteiger partial charge is 0.309 e. The molecule has 1 rings (SSSR count). The highest BCUT2D eigenvalue weighted by atomic mass is 35.5. The summed E-state index contributed by atoms with van der Waals surface area (Å²) in [5.41, 5.74) is 1.38. The SMILES string of the molecule is CCNC(c1cccc(Cl)c1)C(CC)(CC)N(C)C. The predicted octanol–water partition coefficient (Wildman–Crippen LogP) is 4.11. The van der Waals surface area contributed by atoms with Crippen LogP contribution in [0.1, 0.15) is 45.2 Å². The van der Waals surface area contributed by atoms with Crippen molar-refractivity contribution < 1.29 is 0 Å². The number of hydrogen-bond acceptors (Lipinski definition) is 2. The fourth-order valence-electron chi connectivity index (χ4n) is 3.06. The van der Waals surface area contributed by atoms with Gasteiger partial charge in [0.1, 0.15) is 0 Å². The highest BCUT2D eigenvalue weighted by Crippen LogP contribution is 2.36. The van der Waals surface area contributed by atoms with Crippen LogP contribution in [0.3, 0.4) is 0 Å². The van der Waals surface area contributed by atoms with Crippen LogP contribution in [0.2, 0.25) is 5.02 Å². The molecule has 0 aromatic heterocycles. The summed E-state index contributed by atoms with van der Waals surface area (Å²) < 4.78 is 0. The molecule has 2 nitrogen and oxygen atoms in total. The molecule has 0 saturated heterocycles. The van der Waals surface area contributed by atoms with E-state index in [4.69, 9.17) is 11.6 Å². The topological polar surface area (TPSA) is 15.3 Å². The van der Waals surface area contributed by atoms with Crippen LogP contribution in [0.5, 0.6) is 0 Å². The first-order valence-corrected chi connectivity index (χ1v) is 7.55. The molecule has 19 heavy (non-hydrogen) atoms. The highest BCUT2D eigenvalue weighted by Gasteiger charge is 2.38. The van der Waals surface area contributed by atoms with Gasteiger partial charge in [-0.25, -0.2) is 0 Å². The normalized spacial score (nSPS) is 13.8. The van der Waals surface area contributed by atoms with Crippen LogP contribution in [0, 0.1) is 0 Å². The maximum absolute atomic E-state index is 6.16. The lowest BCUT2D eigenvalue weighted by molar-refractivity contribution is 0.0889. The van der Waals surface area contributed by atoms with Crippen molar-refractivity contribution in [2.24, 2.45) is 0 Å². The van der Waals surface area contributed by atoms with Gasteiger partial charge < -0.3 is 10.2 Å². The van der Waals surface area contributed by atoms with Gasteiger partial charge in [0.15, 0.2) is 0 Å². The first-order valence-electron chi connectivity index (χ1n) is 7.18. The second-order valence-electron chi connectivity index (χ2n) is 5.25. The van der Waals surface area contributed by atoms with Crippen molar-refractivity contribution in [2.45, 2.75) is 45.2 Å². The standard InChI is InChI=1S/C16H27ClN2/c1-6-16(7-2,19(4)5)15(18-8-3)13-10-9-11-14(17)12-13/h9-12,15,18H,6-8H2,1-5H3. The van der Waals surface area contributed by atoms with Gasteiger partial charge in [0.25, 0.3) is 0 Å². The summed E-state index contributed by atoms with van der Waals surface area (Å²) in [6, 6.07) is 8.51. The average Bonchev–Trinajstić information content (AvgIpc) is 2.39. The monoisotopic (exact) mass is 282 g/mol. The third-order valence-corrected chi connectivity index (χ3v) is 4.48. The molecule has 1 unspecified atom stereocenters. The molecule has 1 aromatic carbocycles. The molecule has 0 amide bonds. The maximum atomic E-state index is 6.16. The smallest absolute Gasteiger partial charge is 0.0507 e. The van der Waals surface area contributed by atoms with E-state index in [-0.39, 0.29) is 5.54 Å². The van der Waals surface area contributed by atoms with E-state index in [1.807, 2.05) is 12.1 Å². The summed E-state index contributed by atoms with van der Waals surface area (Å²) in [6.07, 6.45) is 2.20. The molecule has 0 radical (unpaired) electrons. The van der Waals surface area contributed by atoms with Gasteiger partial charge in [-0.05, 0) is 51.2 Å². The van der Waals surface area contributed by atoms with Gasteiger partial charge in [0.05, 0.1) is 6.04 Å². The van der Waals surface area contributed by atoms with Crippen molar-refractivity contribution in [1.82, 2.24) is 10.2 Å². The molecule has 0 aliphatic carbocycles. The Morgan fingerprint density at radius 2 is 1.84 bits per heavy atom. The van der Waals surface area contributed by atoms with E-state index in [9.17, 15) is 0 Å². The van der Waals surface area contributed by atoms with Gasteiger partial charge in [0, 0.05) is 10.6 Å². The van der Waals surface area contributed by atoms with Gasteiger partial charge in [-0.15, -0.1) is 0 Å². The van der Waals surface area contributed by atoms with Crippen LogP contribution >= 0.6 is 11.6 Å². The van der Waals surface area contributed by atoms with Crippen LogP contribution in [-0.2, 0) is 0 Å². The van der Waals surface area contributed by atoms with Crippen LogP contribution in [0.4, 0.5) is 0 Å². The summed E-state index contributed by atoms with van der Waals surface area (Å²) in [7, 11) is 4.34. The van der Waals surface area contributed by atoms with Crippen LogP contribution in [0.25, 0.3) is 0 Å². The maximum Gasteiger partial charge on any atom is 0.0507 e. The molecular formula is C16H27ClN2. The van der Waals surface area contributed by atoms with Crippen LogP contribution in [0.15, 0.2) is 24.3 Å². The van der Waals surface area contributed by atoms with E-state index >= 15 is 0 Å². The predicted molar refractivity (Wildman–Crippen MR) is 84.9 cm³/mol. The van der Waals surface area contributed by atoms with Gasteiger partial charge in [-0.1, -0.05) is 44.5 Å². The van der Waals surface area contributed by atoms with Gasteiger partial charge in [0.2, 0.25) is 0 Å². The van der Waals surface area contributed by atoms with Crippen molar-refractivity contribution in [1.29, 1.82) is 0 Å². The Bertz CT molecular complexity index is 386. The molecular weight excluding hydrogens is 256 g/mol. The average molecular weight is 283 g/mol. The van der Waals surface area contributed by atoms with Crippen molar-refractivity contribution in [2.75, 3.05) is 20.6 Å². The highest BCUT2D eigenvalue weighted by molar-refractivity contribution is 6.30. The number of likely N-dealkylation sites (N-methyl/N-ethyl adjacent to an activating group) is 2. The number of halogens is 1. The fraction of sp³-hybridized carbons (Fsp3) is 0.625. The summed E-state index contributed by atoms with van der Waals surface area (Å²) in [4.78, 5) is 2.35. The minimum Gasteiger partial charge on any atom is -0.309 e. The molecule has 3 heteroatoms. The van der Waals surface area contributed by atoms with E-state index in [2.05, 4.69) is 57.2 Å². The number of benzene rings is 1. The molecule has 0 saturated carbocycles. The number of rotatable bonds is 7. The van der Waals surface area contributed by atoms with E-state index in [0.717, 1.165) is 24.4 Å². The zero-order chi connectivity index (χ0) is 14.5. The van der Waals surface area contributed by atoms with E-state index in [1.165, 1.54) is 5.56 Å². The van der Waals surface area contributed by atoms with Crippen LogP contribution in [-0.4, -0.2) is 31.1 Å². The third kappa shape index (κ3) is 3.50. The van der Waals surface area contributed by atoms with Gasteiger partial charge in [-0.3, -0.25) is 0 Å². The van der Waals surface area contributed by atoms with Gasteiger partial charge >= 0.3 is 0 Å². The first kappa shape index (κ1) is 16.5. The first-order chi connectivity index (χ1) is 9.01. The van der Waals surface area contributed by atoms with Crippen molar-refractivity contribution in [3.05, 3.63) is 34.9 Å². The Morgan fingerprint density at radius 1 is 1.21 bits per heavy atom. The van der Waals surface area contributed by atoms with E-state index in [0.29, 0.717) is 6.04 Å². The minimum atomic E-state index is 0.112. The Balaban J connectivity index is 3.24. The number of nitrogens with one attached hydrogen (secondary N) is 1. The molecule has 0 fully saturated rings. The summed E-state index contributed by atoms with van der Waals surface area (Å²) in [5, 5.41) is 4.46. The molecule has 108 valence electrons. The van der Waals surface area contributed by atoms with E-state index in [1.54, 1.807) is 0 Å². The molecule has 0 aliphatic heterocycles. The molecule has 0 bridgehead atoms.